The largest absolute Gasteiger partial charge is 0.496 e. The molecule has 3 aliphatic heterocycles. The van der Waals surface area contributed by atoms with Crippen molar-refractivity contribution in [3.05, 3.63) is 250 Å². The molecule has 15 rings (SSSR count). The van der Waals surface area contributed by atoms with Crippen LogP contribution in [0, 0.1) is 17.5 Å². The molecule has 0 radical (unpaired) electrons. The summed E-state index contributed by atoms with van der Waals surface area (Å²) in [5.74, 6) is -0.413. The number of nitrogens with zero attached hydrogens (tertiary/aromatic N) is 9. The predicted molar refractivity (Wildman–Crippen MR) is 430 cm³/mol. The van der Waals surface area contributed by atoms with E-state index in [2.05, 4.69) is 29.5 Å². The van der Waals surface area contributed by atoms with Crippen LogP contribution in [-0.4, -0.2) is 158 Å². The van der Waals surface area contributed by atoms with E-state index in [1.54, 1.807) is 42.1 Å². The number of hydrogen-bond donors (Lipinski definition) is 4. The summed E-state index contributed by atoms with van der Waals surface area (Å²) in [6.07, 6.45) is 0.392. The number of aromatic nitrogens is 3. The Bertz CT molecular complexity index is 5770. The summed E-state index contributed by atoms with van der Waals surface area (Å²) < 4.78 is 171. The van der Waals surface area contributed by atoms with Gasteiger partial charge in [-0.15, -0.1) is 0 Å². The number of carboxylic acids is 1. The van der Waals surface area contributed by atoms with Crippen molar-refractivity contribution in [2.24, 2.45) is 5.14 Å². The van der Waals surface area contributed by atoms with Crippen LogP contribution in [0.4, 0.5) is 31.2 Å². The molecule has 3 atom stereocenters. The lowest BCUT2D eigenvalue weighted by atomic mass is 9.89. The molecule has 0 spiro atoms. The first-order valence-electron chi connectivity index (χ1n) is 36.3. The molecule has 118 heavy (non-hydrogen) atoms. The second kappa shape index (κ2) is 36.3. The molecule has 0 fully saturated rings. The third kappa shape index (κ3) is 19.8. The van der Waals surface area contributed by atoms with Crippen LogP contribution < -0.4 is 57.7 Å². The Morgan fingerprint density at radius 1 is 0.458 bits per heavy atom. The number of ether oxygens (including phenoxy) is 6. The molecule has 620 valence electrons. The number of nitrogens with one attached hydrogen (secondary N) is 2. The van der Waals surface area contributed by atoms with Crippen LogP contribution in [0.1, 0.15) is 50.1 Å². The minimum atomic E-state index is -4.07. The molecule has 2 amide bonds. The van der Waals surface area contributed by atoms with Gasteiger partial charge in [-0.2, -0.15) is 53.1 Å². The second-order valence-corrected chi connectivity index (χ2v) is 33.1. The van der Waals surface area contributed by atoms with Gasteiger partial charge in [-0.05, 0) is 112 Å². The SMILES string of the molecule is CN(C)S(N)(=O)=O.COc1ccc2c(c1COc1ccccc1)C[C@@H](C(=O)NS(=O)(=O)N(C)C)N(c1nc3ccc(F)cc3o1)C2.COc1ccc2c(c1COc1ccccc1)C[C@@H](C(=O)NS(=O)(=O)N(C)C)N(c1nc3ccc(F)cc3o1)C2.COc1ccc2c(c1OCc1ccccc1)C[C@@H](C(=O)O)N(c1nc3ccc(F)cc3o1)C2. The Labute approximate surface area is 677 Å². The molecule has 0 bridgehead atoms. The zero-order chi connectivity index (χ0) is 84.5. The first-order chi connectivity index (χ1) is 56.3. The van der Waals surface area contributed by atoms with Gasteiger partial charge < -0.3 is 61.5 Å². The van der Waals surface area contributed by atoms with Crippen LogP contribution in [-0.2, 0) is 104 Å². The lowest BCUT2D eigenvalue weighted by Gasteiger charge is -2.36. The van der Waals surface area contributed by atoms with Gasteiger partial charge in [0.2, 0.25) is 0 Å². The highest BCUT2D eigenvalue weighted by molar-refractivity contribution is 7.88. The molecule has 0 unspecified atom stereocenters. The number of benzene rings is 9. The molecule has 12 aromatic rings. The predicted octanol–water partition coefficient (Wildman–Crippen LogP) is 10.1. The Hall–Kier alpha value is -12.5. The summed E-state index contributed by atoms with van der Waals surface area (Å²) >= 11 is 0. The average molecular weight is 1680 g/mol. The van der Waals surface area contributed by atoms with Gasteiger partial charge in [0, 0.05) is 116 Å². The Morgan fingerprint density at radius 2 is 0.797 bits per heavy atom. The molecule has 0 saturated heterocycles. The smallest absolute Gasteiger partial charge is 0.326 e. The minimum Gasteiger partial charge on any atom is -0.496 e. The molecule has 0 aliphatic carbocycles. The quantitative estimate of drug-likeness (QED) is 0.0462. The fourth-order valence-electron chi connectivity index (χ4n) is 13.0. The van der Waals surface area contributed by atoms with Gasteiger partial charge in [-0.3, -0.25) is 9.59 Å². The van der Waals surface area contributed by atoms with Crippen LogP contribution in [0.15, 0.2) is 195 Å². The number of carboxylic acid groups (broad SMARTS) is 1. The van der Waals surface area contributed by atoms with Crippen molar-refractivity contribution in [3.8, 4) is 34.5 Å². The first-order valence-corrected chi connectivity index (χ1v) is 40.6. The maximum atomic E-state index is 13.8. The van der Waals surface area contributed by atoms with Crippen molar-refractivity contribution in [3.63, 3.8) is 0 Å². The van der Waals surface area contributed by atoms with Crippen molar-refractivity contribution in [2.75, 3.05) is 78.3 Å². The van der Waals surface area contributed by atoms with Gasteiger partial charge in [0.05, 0.1) is 21.3 Å². The number of fused-ring (bicyclic) bond motifs is 6. The second-order valence-electron chi connectivity index (χ2n) is 27.5. The van der Waals surface area contributed by atoms with E-state index in [0.717, 1.165) is 63.0 Å². The van der Waals surface area contributed by atoms with E-state index in [1.165, 1.54) is 96.9 Å². The monoisotopic (exact) mass is 1680 g/mol. The number of para-hydroxylation sites is 2. The van der Waals surface area contributed by atoms with Crippen molar-refractivity contribution in [1.82, 2.24) is 37.3 Å². The van der Waals surface area contributed by atoms with Crippen LogP contribution in [0.5, 0.6) is 34.5 Å². The highest BCUT2D eigenvalue weighted by Gasteiger charge is 2.42. The van der Waals surface area contributed by atoms with Gasteiger partial charge >= 0.3 is 26.4 Å². The number of amides is 2. The number of nitrogens with two attached hydrogens (primary N) is 1. The van der Waals surface area contributed by atoms with Gasteiger partial charge in [-0.25, -0.2) is 32.5 Å². The number of rotatable bonds is 23. The standard InChI is InChI=1S/2C27H27FN4O6S.C25H21FN2O5.C2H8N2O2S/c2*1-31(2)39(34,35)30-26(33)23-14-20-17(15-32(23)27-29-22-11-10-18(28)13-25(22)38-27)9-12-24(36-3)21(20)16-37-19-7-5-4-6-8-19;1-31-21-10-7-16-13-28(25-27-19-9-8-17(26)11-22(19)33-25)20(24(29)30)12-18(16)23(21)32-14-15-5-3-2-4-6-15;1-4(2)7(3,5)6/h2*4-13,23H,14-16H2,1-3H3,(H,30,33);2-11,20H,12-14H2,1H3,(H,29,30);1-2H3,(H2,3,5,6)/t2*23-;20-;/m000./s1. The molecule has 37 heteroatoms. The Kier molecular flexibility index (Phi) is 26.1. The number of carbonyl (C=O) groups excluding carboxylic acids is 2. The summed E-state index contributed by atoms with van der Waals surface area (Å²) in [6, 6.07) is 48.6. The molecular formula is C81H83F3N12O19S3. The average Bonchev–Trinajstić information content (AvgIpc) is 1.20. The molecule has 6 heterocycles. The zero-order valence-electron chi connectivity index (χ0n) is 65.2. The van der Waals surface area contributed by atoms with E-state index >= 15 is 0 Å². The maximum absolute atomic E-state index is 13.8. The lowest BCUT2D eigenvalue weighted by molar-refractivity contribution is -0.138. The van der Waals surface area contributed by atoms with Gasteiger partial charge in [-0.1, -0.05) is 84.9 Å². The van der Waals surface area contributed by atoms with Crippen molar-refractivity contribution in [1.29, 1.82) is 0 Å². The van der Waals surface area contributed by atoms with Crippen LogP contribution >= 0.6 is 0 Å². The molecule has 9 aromatic carbocycles. The van der Waals surface area contributed by atoms with Gasteiger partial charge in [0.15, 0.2) is 28.2 Å². The maximum Gasteiger partial charge on any atom is 0.326 e. The van der Waals surface area contributed by atoms with Gasteiger partial charge in [0.1, 0.15) is 94.9 Å². The number of aliphatic carboxylic acids is 1. The molecule has 0 saturated carbocycles. The highest BCUT2D eigenvalue weighted by Crippen LogP contribution is 2.43. The Balaban J connectivity index is 0.000000157. The van der Waals surface area contributed by atoms with Crippen molar-refractivity contribution >= 4 is 99.8 Å². The third-order valence-corrected chi connectivity index (χ3v) is 23.2. The van der Waals surface area contributed by atoms with Crippen molar-refractivity contribution in [2.45, 2.75) is 76.8 Å². The number of methoxy groups -OCH3 is 3. The summed E-state index contributed by atoms with van der Waals surface area (Å²) in [5, 5.41) is 14.6. The topological polar surface area (TPSA) is 377 Å². The van der Waals surface area contributed by atoms with Crippen molar-refractivity contribution < 1.29 is 99.6 Å². The van der Waals surface area contributed by atoms with E-state index in [0.29, 0.717) is 57.7 Å². The summed E-state index contributed by atoms with van der Waals surface area (Å²) in [5.41, 5.74) is 9.40. The van der Waals surface area contributed by atoms with E-state index < -0.39 is 84.0 Å². The third-order valence-electron chi connectivity index (χ3n) is 19.3. The molecule has 3 aliphatic rings. The molecule has 5 N–H and O–H groups in total. The molecular weight excluding hydrogens is 1600 g/mol. The van der Waals surface area contributed by atoms with E-state index in [1.807, 2.05) is 121 Å². The van der Waals surface area contributed by atoms with Crippen LogP contribution in [0.2, 0.25) is 0 Å². The molecule has 3 aromatic heterocycles. The molecule has 31 nitrogen and oxygen atoms in total. The van der Waals surface area contributed by atoms with Crippen LogP contribution in [0.3, 0.4) is 0 Å². The first kappa shape index (κ1) is 84.9. The number of hydrogen-bond acceptors (Lipinski definition) is 24. The number of halogens is 3. The van der Waals surface area contributed by atoms with E-state index in [-0.39, 0.29) is 86.9 Å². The summed E-state index contributed by atoms with van der Waals surface area (Å²) in [6.45, 7) is 1.25. The number of oxazole rings is 3. The summed E-state index contributed by atoms with van der Waals surface area (Å²) in [7, 11) is 1.13. The lowest BCUT2D eigenvalue weighted by Crippen LogP contribution is -2.53. The Morgan fingerprint density at radius 3 is 1.14 bits per heavy atom. The van der Waals surface area contributed by atoms with E-state index in [4.69, 9.17) is 41.7 Å². The zero-order valence-corrected chi connectivity index (χ0v) is 67.6. The van der Waals surface area contributed by atoms with Crippen LogP contribution in [0.25, 0.3) is 33.3 Å². The number of anilines is 3. The fourth-order valence-corrected chi connectivity index (χ4v) is 14.2. The normalized spacial score (nSPS) is 15.2. The summed E-state index contributed by atoms with van der Waals surface area (Å²) in [4.78, 5) is 57.2. The fraction of sp³-hybridized carbons (Fsp3) is 0.259. The minimum absolute atomic E-state index is 0.0709. The number of carbonyl (C=O) groups is 3. The highest BCUT2D eigenvalue weighted by atomic mass is 32.2. The van der Waals surface area contributed by atoms with Gasteiger partial charge in [0.25, 0.3) is 40.1 Å². The van der Waals surface area contributed by atoms with E-state index in [9.17, 15) is 57.9 Å².